The van der Waals surface area contributed by atoms with Crippen molar-refractivity contribution in [1.29, 1.82) is 0 Å². The Kier molecular flexibility index (Phi) is 6.91. The highest BCUT2D eigenvalue weighted by Gasteiger charge is 2.30. The molecule has 1 aliphatic carbocycles. The molecule has 0 saturated heterocycles. The third-order valence-corrected chi connectivity index (χ3v) is 5.15. The van der Waals surface area contributed by atoms with Crippen molar-refractivity contribution in [2.45, 2.75) is 65.3 Å². The fourth-order valence-corrected chi connectivity index (χ4v) is 3.74. The normalized spacial score (nSPS) is 16.4. The van der Waals surface area contributed by atoms with Gasteiger partial charge in [-0.2, -0.15) is 5.10 Å². The van der Waals surface area contributed by atoms with E-state index >= 15 is 0 Å². The summed E-state index contributed by atoms with van der Waals surface area (Å²) in [6, 6.07) is 4.06. The maximum absolute atomic E-state index is 13.1. The summed E-state index contributed by atoms with van der Waals surface area (Å²) in [5, 5.41) is 8.23. The Bertz CT molecular complexity index is 767. The number of rotatable bonds is 9. The smallest absolute Gasteiger partial charge is 0.274 e. The minimum Gasteiger partial charge on any atom is -0.467 e. The molecule has 0 bridgehead atoms. The van der Waals surface area contributed by atoms with E-state index in [4.69, 9.17) is 9.15 Å². The van der Waals surface area contributed by atoms with Crippen LogP contribution in [0.4, 0.5) is 0 Å². The van der Waals surface area contributed by atoms with Crippen LogP contribution in [-0.4, -0.2) is 52.9 Å². The second-order valence-corrected chi connectivity index (χ2v) is 7.64. The summed E-state index contributed by atoms with van der Waals surface area (Å²) >= 11 is 0. The van der Waals surface area contributed by atoms with E-state index in [1.54, 1.807) is 18.2 Å². The van der Waals surface area contributed by atoms with E-state index in [1.807, 2.05) is 30.7 Å². The number of hydrogen-bond donors (Lipinski definition) is 1. The van der Waals surface area contributed by atoms with Crippen LogP contribution in [0.1, 0.15) is 54.7 Å². The van der Waals surface area contributed by atoms with Crippen molar-refractivity contribution in [2.24, 2.45) is 0 Å². The number of hydrogen-bond acceptors (Lipinski definition) is 5. The molecule has 2 heterocycles. The number of aromatic nitrogens is 2. The largest absolute Gasteiger partial charge is 0.467 e. The number of carbonyl (C=O) groups excluding carboxylic acids is 1. The lowest BCUT2D eigenvalue weighted by atomic mass is 9.91. The summed E-state index contributed by atoms with van der Waals surface area (Å²) < 4.78 is 13.0. The highest BCUT2D eigenvalue weighted by atomic mass is 16.5. The predicted molar refractivity (Wildman–Crippen MR) is 107 cm³/mol. The van der Waals surface area contributed by atoms with Crippen molar-refractivity contribution in [1.82, 2.24) is 20.0 Å². The molecule has 0 aromatic carbocycles. The summed E-state index contributed by atoms with van der Waals surface area (Å²) in [6.07, 6.45) is 4.69. The summed E-state index contributed by atoms with van der Waals surface area (Å²) in [7, 11) is 1.80. The predicted octanol–water partition coefficient (Wildman–Crippen LogP) is 2.64. The SMILES string of the molecule is CCn1nc(C(=O)N(C)Cc2ccco2)c2c1CC[C@@H](NCCOC(C)C)C2. The lowest BCUT2D eigenvalue weighted by Gasteiger charge is -2.25. The molecular formula is C21H32N4O3. The molecule has 2 aromatic rings. The molecule has 154 valence electrons. The molecule has 1 N–H and O–H groups in total. The summed E-state index contributed by atoms with van der Waals surface area (Å²) in [4.78, 5) is 14.8. The van der Waals surface area contributed by atoms with Gasteiger partial charge in [-0.05, 0) is 52.2 Å². The van der Waals surface area contributed by atoms with Gasteiger partial charge in [0.05, 0.1) is 25.5 Å². The van der Waals surface area contributed by atoms with Gasteiger partial charge in [-0.25, -0.2) is 0 Å². The quantitative estimate of drug-likeness (QED) is 0.669. The van der Waals surface area contributed by atoms with Crippen molar-refractivity contribution >= 4 is 5.91 Å². The molecule has 0 fully saturated rings. The van der Waals surface area contributed by atoms with Crippen LogP contribution in [0, 0.1) is 0 Å². The summed E-state index contributed by atoms with van der Waals surface area (Å²) in [5.74, 6) is 0.716. The van der Waals surface area contributed by atoms with E-state index in [0.29, 0.717) is 24.9 Å². The average molecular weight is 389 g/mol. The number of ether oxygens (including phenoxy) is 1. The molecule has 1 aliphatic rings. The fraction of sp³-hybridized carbons (Fsp3) is 0.619. The van der Waals surface area contributed by atoms with Gasteiger partial charge in [-0.15, -0.1) is 0 Å². The molecule has 0 aliphatic heterocycles. The molecule has 7 heteroatoms. The van der Waals surface area contributed by atoms with Gasteiger partial charge >= 0.3 is 0 Å². The van der Waals surface area contributed by atoms with Gasteiger partial charge in [0.15, 0.2) is 5.69 Å². The van der Waals surface area contributed by atoms with Crippen LogP contribution in [0.2, 0.25) is 0 Å². The molecule has 0 radical (unpaired) electrons. The Labute approximate surface area is 167 Å². The monoisotopic (exact) mass is 388 g/mol. The molecule has 28 heavy (non-hydrogen) atoms. The molecule has 1 atom stereocenters. The fourth-order valence-electron chi connectivity index (χ4n) is 3.74. The van der Waals surface area contributed by atoms with E-state index < -0.39 is 0 Å². The van der Waals surface area contributed by atoms with Gasteiger partial charge in [0.1, 0.15) is 5.76 Å². The van der Waals surface area contributed by atoms with Crippen LogP contribution < -0.4 is 5.32 Å². The maximum Gasteiger partial charge on any atom is 0.274 e. The molecule has 0 unspecified atom stereocenters. The number of nitrogens with one attached hydrogen (secondary N) is 1. The molecule has 0 saturated carbocycles. The third kappa shape index (κ3) is 4.83. The summed E-state index contributed by atoms with van der Waals surface area (Å²) in [6.45, 7) is 8.90. The third-order valence-electron chi connectivity index (χ3n) is 5.15. The van der Waals surface area contributed by atoms with Gasteiger partial charge in [0.25, 0.3) is 5.91 Å². The summed E-state index contributed by atoms with van der Waals surface area (Å²) in [5.41, 5.74) is 2.87. The molecule has 7 nitrogen and oxygen atoms in total. The molecule has 3 rings (SSSR count). The lowest BCUT2D eigenvalue weighted by molar-refractivity contribution is 0.0764. The van der Waals surface area contributed by atoms with Crippen LogP contribution in [0.3, 0.4) is 0 Å². The van der Waals surface area contributed by atoms with Crippen molar-refractivity contribution in [3.63, 3.8) is 0 Å². The second-order valence-electron chi connectivity index (χ2n) is 7.64. The lowest BCUT2D eigenvalue weighted by Crippen LogP contribution is -2.37. The van der Waals surface area contributed by atoms with Crippen molar-refractivity contribution < 1.29 is 13.9 Å². The Morgan fingerprint density at radius 1 is 1.50 bits per heavy atom. The van der Waals surface area contributed by atoms with E-state index in [-0.39, 0.29) is 12.0 Å². The highest BCUT2D eigenvalue weighted by Crippen LogP contribution is 2.26. The van der Waals surface area contributed by atoms with Gasteiger partial charge in [-0.3, -0.25) is 9.48 Å². The minimum atomic E-state index is -0.0522. The van der Waals surface area contributed by atoms with Crippen LogP contribution >= 0.6 is 0 Å². The van der Waals surface area contributed by atoms with Gasteiger partial charge in [0.2, 0.25) is 0 Å². The Balaban J connectivity index is 1.69. The molecular weight excluding hydrogens is 356 g/mol. The average Bonchev–Trinajstić information content (AvgIpc) is 3.31. The number of nitrogens with zero attached hydrogens (tertiary/aromatic N) is 3. The first-order valence-electron chi connectivity index (χ1n) is 10.2. The topological polar surface area (TPSA) is 72.5 Å². The van der Waals surface area contributed by atoms with Crippen LogP contribution in [0.5, 0.6) is 0 Å². The zero-order valence-electron chi connectivity index (χ0n) is 17.4. The molecule has 1 amide bonds. The van der Waals surface area contributed by atoms with E-state index in [1.165, 1.54) is 5.69 Å². The number of carbonyl (C=O) groups is 1. The molecule has 0 spiro atoms. The van der Waals surface area contributed by atoms with Crippen molar-refractivity contribution in [2.75, 3.05) is 20.2 Å². The van der Waals surface area contributed by atoms with Crippen LogP contribution in [0.25, 0.3) is 0 Å². The first-order valence-corrected chi connectivity index (χ1v) is 10.2. The number of aryl methyl sites for hydroxylation is 1. The number of amides is 1. The Hall–Kier alpha value is -2.12. The molecule has 2 aromatic heterocycles. The van der Waals surface area contributed by atoms with Gasteiger partial charge in [0, 0.05) is 37.4 Å². The minimum absolute atomic E-state index is 0.0522. The first kappa shape index (κ1) is 20.6. The van der Waals surface area contributed by atoms with E-state index in [9.17, 15) is 4.79 Å². The van der Waals surface area contributed by atoms with Gasteiger partial charge in [-0.1, -0.05) is 0 Å². The zero-order chi connectivity index (χ0) is 20.1. The first-order chi connectivity index (χ1) is 13.5. The van der Waals surface area contributed by atoms with Crippen molar-refractivity contribution in [3.05, 3.63) is 41.1 Å². The Morgan fingerprint density at radius 3 is 3.00 bits per heavy atom. The van der Waals surface area contributed by atoms with E-state index in [2.05, 4.69) is 17.3 Å². The highest BCUT2D eigenvalue weighted by molar-refractivity contribution is 5.94. The van der Waals surface area contributed by atoms with Crippen LogP contribution in [0.15, 0.2) is 22.8 Å². The number of furan rings is 1. The number of fused-ring (bicyclic) bond motifs is 1. The van der Waals surface area contributed by atoms with Gasteiger partial charge < -0.3 is 19.4 Å². The van der Waals surface area contributed by atoms with E-state index in [0.717, 1.165) is 43.7 Å². The second kappa shape index (κ2) is 9.39. The van der Waals surface area contributed by atoms with Crippen LogP contribution in [-0.2, 0) is 30.7 Å². The van der Waals surface area contributed by atoms with Crippen molar-refractivity contribution in [3.8, 4) is 0 Å². The maximum atomic E-state index is 13.1. The Morgan fingerprint density at radius 2 is 2.32 bits per heavy atom. The standard InChI is InChI=1S/C21H32N4O3/c1-5-25-19-9-8-16(22-10-12-27-15(2)3)13-18(19)20(23-25)21(26)24(4)14-17-7-6-11-28-17/h6-7,11,15-16,22H,5,8-10,12-14H2,1-4H3/t16-/m1/s1. The zero-order valence-corrected chi connectivity index (χ0v) is 17.4.